The number of nitrogens with zero attached hydrogens (tertiary/aromatic N) is 1. The summed E-state index contributed by atoms with van der Waals surface area (Å²) in [6.07, 6.45) is 4.68. The molecular weight excluding hydrogens is 312 g/mol. The summed E-state index contributed by atoms with van der Waals surface area (Å²) in [7, 11) is 0. The molecule has 0 unspecified atom stereocenters. The van der Waals surface area contributed by atoms with Gasteiger partial charge in [-0.15, -0.1) is 0 Å². The molecule has 4 nitrogen and oxygen atoms in total. The van der Waals surface area contributed by atoms with Gasteiger partial charge in [0.2, 0.25) is 11.8 Å². The molecular formula is C18H23ClN2O2. The van der Waals surface area contributed by atoms with Gasteiger partial charge >= 0.3 is 0 Å². The van der Waals surface area contributed by atoms with Crippen LogP contribution >= 0.6 is 11.6 Å². The summed E-state index contributed by atoms with van der Waals surface area (Å²) in [5, 5.41) is 3.62. The van der Waals surface area contributed by atoms with Crippen LogP contribution in [0.4, 0.5) is 0 Å². The van der Waals surface area contributed by atoms with Crippen LogP contribution in [0.15, 0.2) is 24.3 Å². The van der Waals surface area contributed by atoms with Crippen LogP contribution in [-0.4, -0.2) is 36.3 Å². The number of benzene rings is 1. The van der Waals surface area contributed by atoms with Crippen LogP contribution in [-0.2, 0) is 9.59 Å². The number of carbonyl (C=O) groups excluding carboxylic acids is 2. The maximum atomic E-state index is 12.2. The fraction of sp³-hybridized carbons (Fsp3) is 0.556. The van der Waals surface area contributed by atoms with Crippen LogP contribution in [0.1, 0.15) is 43.6 Å². The lowest BCUT2D eigenvalue weighted by molar-refractivity contribution is -0.132. The van der Waals surface area contributed by atoms with Crippen LogP contribution in [0.25, 0.3) is 0 Å². The number of likely N-dealkylation sites (tertiary alicyclic amines) is 1. The fourth-order valence-corrected chi connectivity index (χ4v) is 3.51. The van der Waals surface area contributed by atoms with Crippen molar-refractivity contribution in [3.8, 4) is 0 Å². The lowest BCUT2D eigenvalue weighted by Crippen LogP contribution is -2.38. The first-order chi connectivity index (χ1) is 11.1. The van der Waals surface area contributed by atoms with E-state index in [1.807, 2.05) is 29.2 Å². The second kappa shape index (κ2) is 7.35. The molecule has 2 amide bonds. The standard InChI is InChI=1S/C18H23ClN2O2/c19-14-6-4-5-13(11-14)15-12-16(15)18(23)20-8-7-17(22)21-9-2-1-3-10-21/h4-6,11,15-16H,1-3,7-10,12H2,(H,20,23)/t15-,16+/m1/s1. The zero-order chi connectivity index (χ0) is 16.2. The molecule has 0 radical (unpaired) electrons. The number of amides is 2. The van der Waals surface area contributed by atoms with Crippen LogP contribution in [0.5, 0.6) is 0 Å². The molecule has 124 valence electrons. The molecule has 2 atom stereocenters. The molecule has 23 heavy (non-hydrogen) atoms. The van der Waals surface area contributed by atoms with E-state index in [1.54, 1.807) is 0 Å². The van der Waals surface area contributed by atoms with Crippen molar-refractivity contribution in [1.29, 1.82) is 0 Å². The Hall–Kier alpha value is -1.55. The molecule has 1 saturated heterocycles. The monoisotopic (exact) mass is 334 g/mol. The Morgan fingerprint density at radius 1 is 1.22 bits per heavy atom. The van der Waals surface area contributed by atoms with Crippen molar-refractivity contribution in [2.45, 2.75) is 38.0 Å². The molecule has 5 heteroatoms. The van der Waals surface area contributed by atoms with E-state index in [0.717, 1.165) is 37.9 Å². The van der Waals surface area contributed by atoms with E-state index in [2.05, 4.69) is 5.32 Å². The number of hydrogen-bond donors (Lipinski definition) is 1. The fourth-order valence-electron chi connectivity index (χ4n) is 3.32. The molecule has 1 aromatic rings. The van der Waals surface area contributed by atoms with Crippen LogP contribution in [0, 0.1) is 5.92 Å². The van der Waals surface area contributed by atoms with Crippen LogP contribution in [0.2, 0.25) is 5.02 Å². The third-order valence-corrected chi connectivity index (χ3v) is 4.99. The predicted octanol–water partition coefficient (Wildman–Crippen LogP) is 2.96. The Labute approximate surface area is 142 Å². The van der Waals surface area contributed by atoms with E-state index in [1.165, 1.54) is 6.42 Å². The van der Waals surface area contributed by atoms with Gasteiger partial charge in [-0.05, 0) is 49.3 Å². The first-order valence-electron chi connectivity index (χ1n) is 8.46. The van der Waals surface area contributed by atoms with Gasteiger partial charge in [-0.2, -0.15) is 0 Å². The van der Waals surface area contributed by atoms with Crippen molar-refractivity contribution in [3.63, 3.8) is 0 Å². The van der Waals surface area contributed by atoms with Crippen LogP contribution in [0.3, 0.4) is 0 Å². The molecule has 1 heterocycles. The molecule has 2 fully saturated rings. The number of hydrogen-bond acceptors (Lipinski definition) is 2. The van der Waals surface area contributed by atoms with E-state index in [4.69, 9.17) is 11.6 Å². The van der Waals surface area contributed by atoms with Crippen molar-refractivity contribution in [2.24, 2.45) is 5.92 Å². The van der Waals surface area contributed by atoms with E-state index in [0.29, 0.717) is 18.0 Å². The third kappa shape index (κ3) is 4.25. The Kier molecular flexibility index (Phi) is 5.21. The van der Waals surface area contributed by atoms with Gasteiger partial charge in [-0.25, -0.2) is 0 Å². The number of halogens is 1. The van der Waals surface area contributed by atoms with Gasteiger partial charge in [0.1, 0.15) is 0 Å². The van der Waals surface area contributed by atoms with E-state index in [9.17, 15) is 9.59 Å². The zero-order valence-corrected chi connectivity index (χ0v) is 14.0. The molecule has 1 saturated carbocycles. The van der Waals surface area contributed by atoms with E-state index < -0.39 is 0 Å². The average molecular weight is 335 g/mol. The number of carbonyl (C=O) groups is 2. The minimum Gasteiger partial charge on any atom is -0.355 e. The molecule has 1 aliphatic carbocycles. The first kappa shape index (κ1) is 16.3. The van der Waals surface area contributed by atoms with Crippen molar-refractivity contribution < 1.29 is 9.59 Å². The molecule has 1 aliphatic heterocycles. The van der Waals surface area contributed by atoms with Gasteiger partial charge < -0.3 is 10.2 Å². The third-order valence-electron chi connectivity index (χ3n) is 4.75. The Morgan fingerprint density at radius 3 is 2.74 bits per heavy atom. The Bertz CT molecular complexity index is 584. The van der Waals surface area contributed by atoms with Gasteiger partial charge in [-0.3, -0.25) is 9.59 Å². The highest BCUT2D eigenvalue weighted by atomic mass is 35.5. The number of piperidine rings is 1. The minimum atomic E-state index is 0.0264. The van der Waals surface area contributed by atoms with Gasteiger partial charge in [-0.1, -0.05) is 23.7 Å². The zero-order valence-electron chi connectivity index (χ0n) is 13.3. The lowest BCUT2D eigenvalue weighted by Gasteiger charge is -2.26. The second-order valence-corrected chi connectivity index (χ2v) is 6.92. The Morgan fingerprint density at radius 2 is 2.00 bits per heavy atom. The molecule has 0 aromatic heterocycles. The molecule has 0 bridgehead atoms. The maximum Gasteiger partial charge on any atom is 0.224 e. The second-order valence-electron chi connectivity index (χ2n) is 6.49. The molecule has 2 aliphatic rings. The van der Waals surface area contributed by atoms with E-state index >= 15 is 0 Å². The summed E-state index contributed by atoms with van der Waals surface area (Å²) in [5.41, 5.74) is 1.13. The number of nitrogens with one attached hydrogen (secondary N) is 1. The van der Waals surface area contributed by atoms with Gasteiger partial charge in [0.25, 0.3) is 0 Å². The molecule has 1 aromatic carbocycles. The SMILES string of the molecule is O=C(NCCC(=O)N1CCCCC1)[C@H]1C[C@@H]1c1cccc(Cl)c1. The average Bonchev–Trinajstić information content (AvgIpc) is 3.36. The summed E-state index contributed by atoms with van der Waals surface area (Å²) in [6.45, 7) is 2.17. The van der Waals surface area contributed by atoms with Crippen molar-refractivity contribution >= 4 is 23.4 Å². The summed E-state index contributed by atoms with van der Waals surface area (Å²) >= 11 is 5.99. The highest BCUT2D eigenvalue weighted by Crippen LogP contribution is 2.47. The highest BCUT2D eigenvalue weighted by Gasteiger charge is 2.43. The van der Waals surface area contributed by atoms with Crippen molar-refractivity contribution in [2.75, 3.05) is 19.6 Å². The largest absolute Gasteiger partial charge is 0.355 e. The molecule has 3 rings (SSSR count). The van der Waals surface area contributed by atoms with Gasteiger partial charge in [0, 0.05) is 37.0 Å². The van der Waals surface area contributed by atoms with Gasteiger partial charge in [0.05, 0.1) is 0 Å². The predicted molar refractivity (Wildman–Crippen MR) is 90.4 cm³/mol. The minimum absolute atomic E-state index is 0.0264. The smallest absolute Gasteiger partial charge is 0.224 e. The summed E-state index contributed by atoms with van der Waals surface area (Å²) < 4.78 is 0. The number of rotatable bonds is 5. The van der Waals surface area contributed by atoms with Crippen molar-refractivity contribution in [3.05, 3.63) is 34.9 Å². The Balaban J connectivity index is 1.40. The quantitative estimate of drug-likeness (QED) is 0.900. The summed E-state index contributed by atoms with van der Waals surface area (Å²) in [5.74, 6) is 0.513. The maximum absolute atomic E-state index is 12.2. The summed E-state index contributed by atoms with van der Waals surface area (Å²) in [6, 6.07) is 7.71. The molecule has 1 N–H and O–H groups in total. The van der Waals surface area contributed by atoms with E-state index in [-0.39, 0.29) is 23.7 Å². The summed E-state index contributed by atoms with van der Waals surface area (Å²) in [4.78, 5) is 26.1. The molecule has 0 spiro atoms. The highest BCUT2D eigenvalue weighted by molar-refractivity contribution is 6.30. The van der Waals surface area contributed by atoms with Crippen LogP contribution < -0.4 is 5.32 Å². The van der Waals surface area contributed by atoms with Crippen molar-refractivity contribution in [1.82, 2.24) is 10.2 Å². The normalized spacial score (nSPS) is 23.4. The lowest BCUT2D eigenvalue weighted by atomic mass is 10.1. The topological polar surface area (TPSA) is 49.4 Å². The van der Waals surface area contributed by atoms with Gasteiger partial charge in [0.15, 0.2) is 0 Å². The first-order valence-corrected chi connectivity index (χ1v) is 8.84.